The predicted octanol–water partition coefficient (Wildman–Crippen LogP) is 1.86. The molecule has 0 aromatic heterocycles. The van der Waals surface area contributed by atoms with Gasteiger partial charge in [-0.3, -0.25) is 4.79 Å². The quantitative estimate of drug-likeness (QED) is 0.870. The maximum absolute atomic E-state index is 12.2. The zero-order chi connectivity index (χ0) is 13.8. The molecule has 1 fully saturated rings. The van der Waals surface area contributed by atoms with Crippen molar-refractivity contribution in [1.29, 1.82) is 0 Å². The first-order chi connectivity index (χ1) is 9.11. The van der Waals surface area contributed by atoms with Crippen LogP contribution < -0.4 is 15.8 Å². The SMILES string of the molecule is COc1ccc(C)cc1C(=O)NCC1CCCC1N. The minimum atomic E-state index is -0.0837. The minimum Gasteiger partial charge on any atom is -0.496 e. The van der Waals surface area contributed by atoms with Crippen molar-refractivity contribution in [2.45, 2.75) is 32.2 Å². The zero-order valence-electron chi connectivity index (χ0n) is 11.6. The van der Waals surface area contributed by atoms with E-state index >= 15 is 0 Å². The van der Waals surface area contributed by atoms with Crippen molar-refractivity contribution in [3.8, 4) is 5.75 Å². The molecule has 3 N–H and O–H groups in total. The van der Waals surface area contributed by atoms with Gasteiger partial charge in [-0.25, -0.2) is 0 Å². The Morgan fingerprint density at radius 2 is 2.26 bits per heavy atom. The van der Waals surface area contributed by atoms with Crippen molar-refractivity contribution in [3.63, 3.8) is 0 Å². The number of rotatable bonds is 4. The summed E-state index contributed by atoms with van der Waals surface area (Å²) in [6.45, 7) is 2.61. The van der Waals surface area contributed by atoms with Gasteiger partial charge in [-0.15, -0.1) is 0 Å². The molecular weight excluding hydrogens is 240 g/mol. The van der Waals surface area contributed by atoms with Gasteiger partial charge in [0.15, 0.2) is 0 Å². The normalized spacial score (nSPS) is 22.3. The first kappa shape index (κ1) is 13.9. The lowest BCUT2D eigenvalue weighted by atomic mass is 10.0. The minimum absolute atomic E-state index is 0.0837. The summed E-state index contributed by atoms with van der Waals surface area (Å²) < 4.78 is 5.23. The van der Waals surface area contributed by atoms with Crippen molar-refractivity contribution in [2.75, 3.05) is 13.7 Å². The van der Waals surface area contributed by atoms with Gasteiger partial charge >= 0.3 is 0 Å². The van der Waals surface area contributed by atoms with Crippen molar-refractivity contribution >= 4 is 5.91 Å². The van der Waals surface area contributed by atoms with E-state index in [1.807, 2.05) is 25.1 Å². The third-order valence-corrected chi connectivity index (χ3v) is 3.84. The summed E-state index contributed by atoms with van der Waals surface area (Å²) in [6, 6.07) is 5.83. The molecule has 0 radical (unpaired) electrons. The van der Waals surface area contributed by atoms with Gasteiger partial charge in [-0.2, -0.15) is 0 Å². The lowest BCUT2D eigenvalue weighted by Gasteiger charge is -2.16. The second-order valence-electron chi connectivity index (χ2n) is 5.27. The largest absolute Gasteiger partial charge is 0.496 e. The number of methoxy groups -OCH3 is 1. The Hall–Kier alpha value is -1.55. The Bertz CT molecular complexity index is 459. The van der Waals surface area contributed by atoms with Crippen molar-refractivity contribution in [2.24, 2.45) is 11.7 Å². The second-order valence-corrected chi connectivity index (χ2v) is 5.27. The topological polar surface area (TPSA) is 64.3 Å². The maximum atomic E-state index is 12.2. The summed E-state index contributed by atoms with van der Waals surface area (Å²) in [7, 11) is 1.58. The summed E-state index contributed by atoms with van der Waals surface area (Å²) in [5, 5.41) is 2.97. The molecule has 2 atom stereocenters. The molecule has 0 saturated heterocycles. The Labute approximate surface area is 114 Å². The highest BCUT2D eigenvalue weighted by molar-refractivity contribution is 5.97. The van der Waals surface area contributed by atoms with E-state index in [1.165, 1.54) is 0 Å². The number of carbonyl (C=O) groups is 1. The maximum Gasteiger partial charge on any atom is 0.255 e. The fourth-order valence-corrected chi connectivity index (χ4v) is 2.64. The molecule has 1 aliphatic rings. The predicted molar refractivity (Wildman–Crippen MR) is 75.4 cm³/mol. The van der Waals surface area contributed by atoms with Gasteiger partial charge in [0.1, 0.15) is 5.75 Å². The van der Waals surface area contributed by atoms with Crippen LogP contribution >= 0.6 is 0 Å². The molecule has 0 spiro atoms. The zero-order valence-corrected chi connectivity index (χ0v) is 11.6. The number of benzene rings is 1. The Morgan fingerprint density at radius 1 is 1.47 bits per heavy atom. The number of carbonyl (C=O) groups excluding carboxylic acids is 1. The average molecular weight is 262 g/mol. The molecule has 2 unspecified atom stereocenters. The highest BCUT2D eigenvalue weighted by Crippen LogP contribution is 2.24. The van der Waals surface area contributed by atoms with Crippen LogP contribution in [0.5, 0.6) is 5.75 Å². The lowest BCUT2D eigenvalue weighted by Crippen LogP contribution is -2.36. The second kappa shape index (κ2) is 6.06. The molecule has 19 heavy (non-hydrogen) atoms. The number of hydrogen-bond acceptors (Lipinski definition) is 3. The van der Waals surface area contributed by atoms with Gasteiger partial charge in [-0.05, 0) is 37.8 Å². The van der Waals surface area contributed by atoms with E-state index in [4.69, 9.17) is 10.5 Å². The number of nitrogens with one attached hydrogen (secondary N) is 1. The van der Waals surface area contributed by atoms with Gasteiger partial charge in [0.25, 0.3) is 5.91 Å². The molecule has 2 rings (SSSR count). The average Bonchev–Trinajstić information content (AvgIpc) is 2.81. The highest BCUT2D eigenvalue weighted by Gasteiger charge is 2.24. The van der Waals surface area contributed by atoms with Crippen LogP contribution in [0.3, 0.4) is 0 Å². The first-order valence-corrected chi connectivity index (χ1v) is 6.80. The monoisotopic (exact) mass is 262 g/mol. The molecule has 1 saturated carbocycles. The number of amides is 1. The molecule has 0 heterocycles. The Morgan fingerprint density at radius 3 is 2.89 bits per heavy atom. The van der Waals surface area contributed by atoms with Crippen LogP contribution in [-0.4, -0.2) is 25.6 Å². The van der Waals surface area contributed by atoms with Gasteiger partial charge in [0.05, 0.1) is 12.7 Å². The first-order valence-electron chi connectivity index (χ1n) is 6.80. The van der Waals surface area contributed by atoms with E-state index < -0.39 is 0 Å². The van der Waals surface area contributed by atoms with Gasteiger partial charge in [0, 0.05) is 12.6 Å². The van der Waals surface area contributed by atoms with Crippen LogP contribution in [0.4, 0.5) is 0 Å². The van der Waals surface area contributed by atoms with E-state index in [-0.39, 0.29) is 11.9 Å². The molecule has 4 heteroatoms. The summed E-state index contributed by atoms with van der Waals surface area (Å²) in [4.78, 5) is 12.2. The van der Waals surface area contributed by atoms with Gasteiger partial charge < -0.3 is 15.8 Å². The van der Waals surface area contributed by atoms with E-state index in [9.17, 15) is 4.79 Å². The standard InChI is InChI=1S/C15H22N2O2/c1-10-6-7-14(19-2)12(8-10)15(18)17-9-11-4-3-5-13(11)16/h6-8,11,13H,3-5,9,16H2,1-2H3,(H,17,18). The Balaban J connectivity index is 2.01. The molecule has 1 amide bonds. The smallest absolute Gasteiger partial charge is 0.255 e. The number of nitrogens with two attached hydrogens (primary N) is 1. The molecule has 0 bridgehead atoms. The summed E-state index contributed by atoms with van der Waals surface area (Å²) >= 11 is 0. The van der Waals surface area contributed by atoms with Crippen LogP contribution in [-0.2, 0) is 0 Å². The molecule has 104 valence electrons. The number of hydrogen-bond donors (Lipinski definition) is 2. The van der Waals surface area contributed by atoms with E-state index in [2.05, 4.69) is 5.32 Å². The third kappa shape index (κ3) is 3.26. The number of aryl methyl sites for hydroxylation is 1. The molecule has 0 aliphatic heterocycles. The highest BCUT2D eigenvalue weighted by atomic mass is 16.5. The fourth-order valence-electron chi connectivity index (χ4n) is 2.64. The summed E-state index contributed by atoms with van der Waals surface area (Å²) in [5.74, 6) is 0.929. The molecule has 1 aromatic carbocycles. The third-order valence-electron chi connectivity index (χ3n) is 3.84. The van der Waals surface area contributed by atoms with E-state index in [1.54, 1.807) is 7.11 Å². The van der Waals surface area contributed by atoms with Crippen molar-refractivity contribution in [1.82, 2.24) is 5.32 Å². The van der Waals surface area contributed by atoms with Crippen molar-refractivity contribution < 1.29 is 9.53 Å². The van der Waals surface area contributed by atoms with Gasteiger partial charge in [-0.1, -0.05) is 18.1 Å². The number of ether oxygens (including phenoxy) is 1. The molecule has 1 aliphatic carbocycles. The van der Waals surface area contributed by atoms with E-state index in [0.29, 0.717) is 23.8 Å². The van der Waals surface area contributed by atoms with Crippen LogP contribution in [0.2, 0.25) is 0 Å². The van der Waals surface area contributed by atoms with E-state index in [0.717, 1.165) is 24.8 Å². The van der Waals surface area contributed by atoms with Crippen LogP contribution in [0.1, 0.15) is 35.2 Å². The molecular formula is C15H22N2O2. The summed E-state index contributed by atoms with van der Waals surface area (Å²) in [6.07, 6.45) is 3.33. The fraction of sp³-hybridized carbons (Fsp3) is 0.533. The van der Waals surface area contributed by atoms with Crippen LogP contribution in [0.25, 0.3) is 0 Å². The van der Waals surface area contributed by atoms with Crippen LogP contribution in [0, 0.1) is 12.8 Å². The van der Waals surface area contributed by atoms with Crippen LogP contribution in [0.15, 0.2) is 18.2 Å². The Kier molecular flexibility index (Phi) is 4.43. The van der Waals surface area contributed by atoms with Gasteiger partial charge in [0.2, 0.25) is 0 Å². The lowest BCUT2D eigenvalue weighted by molar-refractivity contribution is 0.0943. The molecule has 1 aromatic rings. The summed E-state index contributed by atoms with van der Waals surface area (Å²) in [5.41, 5.74) is 7.64. The molecule has 4 nitrogen and oxygen atoms in total. The van der Waals surface area contributed by atoms with Crippen molar-refractivity contribution in [3.05, 3.63) is 29.3 Å².